The molecule has 2 atom stereocenters. The van der Waals surface area contributed by atoms with E-state index < -0.39 is 41.7 Å². The van der Waals surface area contributed by atoms with Gasteiger partial charge in [0.05, 0.1) is 12.2 Å². The summed E-state index contributed by atoms with van der Waals surface area (Å²) < 4.78 is 42.9. The SMILES string of the molecule is N[C@H](C(=O)O)[C@H](OCc1cccc(NC(=O)c2ccc(C(F)(F)F)cc2)c1)C(=O)O. The lowest BCUT2D eigenvalue weighted by Gasteiger charge is -2.17. The van der Waals surface area contributed by atoms with Crippen molar-refractivity contribution in [3.8, 4) is 0 Å². The minimum absolute atomic E-state index is 0.00280. The van der Waals surface area contributed by atoms with Crippen LogP contribution in [0.4, 0.5) is 18.9 Å². The minimum atomic E-state index is -4.51. The van der Waals surface area contributed by atoms with Gasteiger partial charge in [0, 0.05) is 11.3 Å². The molecule has 160 valence electrons. The van der Waals surface area contributed by atoms with E-state index in [0.717, 1.165) is 24.3 Å². The van der Waals surface area contributed by atoms with Gasteiger partial charge in [-0.25, -0.2) is 4.79 Å². The molecule has 0 saturated heterocycles. The lowest BCUT2D eigenvalue weighted by atomic mass is 10.1. The summed E-state index contributed by atoms with van der Waals surface area (Å²) in [4.78, 5) is 34.2. The van der Waals surface area contributed by atoms with E-state index in [4.69, 9.17) is 20.7 Å². The van der Waals surface area contributed by atoms with Gasteiger partial charge in [-0.05, 0) is 42.0 Å². The van der Waals surface area contributed by atoms with Gasteiger partial charge in [-0.2, -0.15) is 13.2 Å². The first-order valence-electron chi connectivity index (χ1n) is 8.39. The number of amides is 1. The average Bonchev–Trinajstić information content (AvgIpc) is 2.67. The largest absolute Gasteiger partial charge is 0.480 e. The topological polar surface area (TPSA) is 139 Å². The molecule has 0 aliphatic heterocycles. The zero-order chi connectivity index (χ0) is 22.5. The maximum atomic E-state index is 12.6. The van der Waals surface area contributed by atoms with Crippen molar-refractivity contribution in [2.45, 2.75) is 24.9 Å². The molecule has 0 radical (unpaired) electrons. The zero-order valence-electron chi connectivity index (χ0n) is 15.2. The van der Waals surface area contributed by atoms with Gasteiger partial charge < -0.3 is 26.0 Å². The Balaban J connectivity index is 2.05. The van der Waals surface area contributed by atoms with Crippen LogP contribution in [0.1, 0.15) is 21.5 Å². The molecule has 0 bridgehead atoms. The third kappa shape index (κ3) is 6.03. The number of aliphatic carboxylic acids is 2. The molecule has 5 N–H and O–H groups in total. The van der Waals surface area contributed by atoms with Crippen LogP contribution < -0.4 is 11.1 Å². The van der Waals surface area contributed by atoms with Crippen LogP contribution in [-0.4, -0.2) is 40.2 Å². The van der Waals surface area contributed by atoms with Crippen molar-refractivity contribution in [2.75, 3.05) is 5.32 Å². The van der Waals surface area contributed by atoms with Gasteiger partial charge in [-0.1, -0.05) is 12.1 Å². The molecule has 0 unspecified atom stereocenters. The highest BCUT2D eigenvalue weighted by molar-refractivity contribution is 6.04. The van der Waals surface area contributed by atoms with Crippen LogP contribution in [0.15, 0.2) is 48.5 Å². The summed E-state index contributed by atoms with van der Waals surface area (Å²) in [6.45, 7) is -0.304. The highest BCUT2D eigenvalue weighted by atomic mass is 19.4. The number of nitrogens with one attached hydrogen (secondary N) is 1. The molecule has 0 aromatic heterocycles. The van der Waals surface area contributed by atoms with E-state index in [1.165, 1.54) is 18.2 Å². The third-order valence-electron chi connectivity index (χ3n) is 3.94. The Morgan fingerprint density at radius 1 is 1.03 bits per heavy atom. The number of carboxylic acid groups (broad SMARTS) is 2. The lowest BCUT2D eigenvalue weighted by Crippen LogP contribution is -2.47. The van der Waals surface area contributed by atoms with Crippen molar-refractivity contribution in [3.63, 3.8) is 0 Å². The zero-order valence-corrected chi connectivity index (χ0v) is 15.2. The molecule has 1 amide bonds. The molecule has 0 spiro atoms. The number of carbonyl (C=O) groups is 3. The van der Waals surface area contributed by atoms with E-state index >= 15 is 0 Å². The fraction of sp³-hybridized carbons (Fsp3) is 0.211. The van der Waals surface area contributed by atoms with Gasteiger partial charge in [0.1, 0.15) is 6.04 Å². The first kappa shape index (κ1) is 22.8. The van der Waals surface area contributed by atoms with Gasteiger partial charge in [0.25, 0.3) is 5.91 Å². The summed E-state index contributed by atoms with van der Waals surface area (Å²) in [6, 6.07) is 7.88. The normalized spacial score (nSPS) is 13.3. The quantitative estimate of drug-likeness (QED) is 0.508. The van der Waals surface area contributed by atoms with Gasteiger partial charge in [-0.3, -0.25) is 9.59 Å². The molecule has 0 fully saturated rings. The molecule has 0 heterocycles. The number of carboxylic acids is 2. The Kier molecular flexibility index (Phi) is 7.14. The standard InChI is InChI=1S/C19H17F3N2O6/c20-19(21,22)12-6-4-11(5-7-12)16(25)24-13-3-1-2-10(8-13)9-30-15(18(28)29)14(23)17(26)27/h1-8,14-15H,9,23H2,(H,24,25)(H,26,27)(H,28,29)/t14-,15-/m0/s1. The number of alkyl halides is 3. The van der Waals surface area contributed by atoms with Crippen molar-refractivity contribution < 1.29 is 42.5 Å². The molecule has 30 heavy (non-hydrogen) atoms. The third-order valence-corrected chi connectivity index (χ3v) is 3.94. The van der Waals surface area contributed by atoms with Crippen LogP contribution in [0.5, 0.6) is 0 Å². The molecule has 8 nitrogen and oxygen atoms in total. The predicted octanol–water partition coefficient (Wildman–Crippen LogP) is 2.34. The van der Waals surface area contributed by atoms with E-state index in [0.29, 0.717) is 5.56 Å². The summed E-state index contributed by atoms with van der Waals surface area (Å²) in [5.41, 5.74) is 5.09. The summed E-state index contributed by atoms with van der Waals surface area (Å²) in [5.74, 6) is -3.74. The number of hydrogen-bond donors (Lipinski definition) is 4. The first-order chi connectivity index (χ1) is 14.0. The Morgan fingerprint density at radius 2 is 1.67 bits per heavy atom. The summed E-state index contributed by atoms with van der Waals surface area (Å²) in [5, 5.41) is 20.4. The molecular weight excluding hydrogens is 409 g/mol. The number of nitrogens with two attached hydrogens (primary N) is 1. The second kappa shape index (κ2) is 9.37. The van der Waals surface area contributed by atoms with Crippen LogP contribution in [0.3, 0.4) is 0 Å². The average molecular weight is 426 g/mol. The van der Waals surface area contributed by atoms with Crippen LogP contribution in [-0.2, 0) is 27.1 Å². The minimum Gasteiger partial charge on any atom is -0.480 e. The number of rotatable bonds is 8. The Bertz CT molecular complexity index is 931. The Morgan fingerprint density at radius 3 is 2.20 bits per heavy atom. The van der Waals surface area contributed by atoms with Crippen LogP contribution in [0.25, 0.3) is 0 Å². The van der Waals surface area contributed by atoms with Crippen molar-refractivity contribution in [3.05, 3.63) is 65.2 Å². The van der Waals surface area contributed by atoms with Gasteiger partial charge in [0.2, 0.25) is 0 Å². The number of halogens is 3. The smallest absolute Gasteiger partial charge is 0.416 e. The number of anilines is 1. The predicted molar refractivity (Wildman–Crippen MR) is 97.7 cm³/mol. The van der Waals surface area contributed by atoms with E-state index in [-0.39, 0.29) is 17.9 Å². The van der Waals surface area contributed by atoms with Crippen molar-refractivity contribution in [2.24, 2.45) is 5.73 Å². The van der Waals surface area contributed by atoms with Crippen LogP contribution in [0.2, 0.25) is 0 Å². The van der Waals surface area contributed by atoms with Crippen molar-refractivity contribution >= 4 is 23.5 Å². The second-order valence-electron chi connectivity index (χ2n) is 6.16. The maximum absolute atomic E-state index is 12.6. The molecule has 2 aromatic rings. The van der Waals surface area contributed by atoms with Crippen molar-refractivity contribution in [1.29, 1.82) is 0 Å². The molecule has 2 aromatic carbocycles. The lowest BCUT2D eigenvalue weighted by molar-refractivity contribution is -0.159. The molecule has 0 aliphatic rings. The fourth-order valence-corrected chi connectivity index (χ4v) is 2.40. The molecule has 0 aliphatic carbocycles. The molecular formula is C19H17F3N2O6. The van der Waals surface area contributed by atoms with Crippen LogP contribution in [0, 0.1) is 0 Å². The highest BCUT2D eigenvalue weighted by Gasteiger charge is 2.32. The Labute approximate surface area is 168 Å². The van der Waals surface area contributed by atoms with E-state index in [2.05, 4.69) is 5.32 Å². The summed E-state index contributed by atoms with van der Waals surface area (Å²) in [7, 11) is 0. The van der Waals surface area contributed by atoms with Gasteiger partial charge >= 0.3 is 18.1 Å². The Hall–Kier alpha value is -3.44. The number of carbonyl (C=O) groups excluding carboxylic acids is 1. The molecule has 0 saturated carbocycles. The number of benzene rings is 2. The molecule has 2 rings (SSSR count). The van der Waals surface area contributed by atoms with E-state index in [1.807, 2.05) is 0 Å². The molecule has 11 heteroatoms. The fourth-order valence-electron chi connectivity index (χ4n) is 2.40. The summed E-state index contributed by atoms with van der Waals surface area (Å²) in [6.07, 6.45) is -6.30. The van der Waals surface area contributed by atoms with Crippen LogP contribution >= 0.6 is 0 Å². The summed E-state index contributed by atoms with van der Waals surface area (Å²) >= 11 is 0. The first-order valence-corrected chi connectivity index (χ1v) is 8.39. The number of ether oxygens (including phenoxy) is 1. The monoisotopic (exact) mass is 426 g/mol. The van der Waals surface area contributed by atoms with E-state index in [1.54, 1.807) is 6.07 Å². The van der Waals surface area contributed by atoms with Gasteiger partial charge in [0.15, 0.2) is 6.10 Å². The maximum Gasteiger partial charge on any atom is 0.416 e. The van der Waals surface area contributed by atoms with Crippen molar-refractivity contribution in [1.82, 2.24) is 0 Å². The van der Waals surface area contributed by atoms with E-state index in [9.17, 15) is 27.6 Å². The van der Waals surface area contributed by atoms with Gasteiger partial charge in [-0.15, -0.1) is 0 Å². The number of hydrogen-bond acceptors (Lipinski definition) is 5. The highest BCUT2D eigenvalue weighted by Crippen LogP contribution is 2.29. The second-order valence-corrected chi connectivity index (χ2v) is 6.16.